The number of aryl methyl sites for hydroxylation is 1. The zero-order valence-electron chi connectivity index (χ0n) is 13.3. The van der Waals surface area contributed by atoms with Gasteiger partial charge in [-0.15, -0.1) is 0 Å². The number of halogens is 1. The second-order valence-corrected chi connectivity index (χ2v) is 5.89. The van der Waals surface area contributed by atoms with Gasteiger partial charge in [0.2, 0.25) is 0 Å². The van der Waals surface area contributed by atoms with Crippen LogP contribution in [0.15, 0.2) is 71.2 Å². The number of carbonyl (C=O) groups is 1. The summed E-state index contributed by atoms with van der Waals surface area (Å²) in [7, 11) is 0. The minimum Gasteiger partial charge on any atom is -0.457 e. The van der Waals surface area contributed by atoms with E-state index < -0.39 is 0 Å². The van der Waals surface area contributed by atoms with Crippen LogP contribution in [0.2, 0.25) is 5.02 Å². The van der Waals surface area contributed by atoms with Gasteiger partial charge in [-0.05, 0) is 60.5 Å². The Morgan fingerprint density at radius 3 is 2.38 bits per heavy atom. The Morgan fingerprint density at radius 1 is 1.00 bits per heavy atom. The third-order valence-corrected chi connectivity index (χ3v) is 4.05. The highest BCUT2D eigenvalue weighted by Gasteiger charge is 2.05. The summed E-state index contributed by atoms with van der Waals surface area (Å²) in [6, 6.07) is 18.8. The zero-order chi connectivity index (χ0) is 16.9. The van der Waals surface area contributed by atoms with Crippen molar-refractivity contribution < 1.29 is 9.21 Å². The molecule has 1 heterocycles. The molecule has 120 valence electrons. The average Bonchev–Trinajstić information content (AvgIpc) is 3.09. The van der Waals surface area contributed by atoms with Gasteiger partial charge in [0.1, 0.15) is 11.5 Å². The lowest BCUT2D eigenvalue weighted by Gasteiger charge is -1.98. The summed E-state index contributed by atoms with van der Waals surface area (Å²) in [6.45, 7) is 2.09. The normalized spacial score (nSPS) is 11.1. The smallest absolute Gasteiger partial charge is 0.185 e. The summed E-state index contributed by atoms with van der Waals surface area (Å²) in [5, 5.41) is 0.685. The van der Waals surface area contributed by atoms with Gasteiger partial charge in [-0.2, -0.15) is 0 Å². The first-order chi connectivity index (χ1) is 11.7. The number of benzene rings is 2. The van der Waals surface area contributed by atoms with Crippen molar-refractivity contribution >= 4 is 23.5 Å². The maximum Gasteiger partial charge on any atom is 0.185 e. The van der Waals surface area contributed by atoms with Crippen molar-refractivity contribution in [1.82, 2.24) is 0 Å². The highest BCUT2D eigenvalue weighted by molar-refractivity contribution is 6.30. The van der Waals surface area contributed by atoms with E-state index >= 15 is 0 Å². The maximum absolute atomic E-state index is 12.2. The molecule has 1 aromatic heterocycles. The lowest BCUT2D eigenvalue weighted by Crippen LogP contribution is -1.94. The number of rotatable bonds is 5. The molecule has 0 spiro atoms. The summed E-state index contributed by atoms with van der Waals surface area (Å²) in [5.74, 6) is 1.34. The predicted octanol–water partition coefficient (Wildman–Crippen LogP) is 6.06. The van der Waals surface area contributed by atoms with Crippen molar-refractivity contribution in [2.45, 2.75) is 13.3 Å². The van der Waals surface area contributed by atoms with Crippen LogP contribution in [0.3, 0.4) is 0 Å². The largest absolute Gasteiger partial charge is 0.457 e. The Labute approximate surface area is 146 Å². The first-order valence-electron chi connectivity index (χ1n) is 7.83. The fourth-order valence-electron chi connectivity index (χ4n) is 2.37. The van der Waals surface area contributed by atoms with E-state index in [-0.39, 0.29) is 5.78 Å². The molecule has 0 saturated heterocycles. The fraction of sp³-hybridized carbons (Fsp3) is 0.0952. The Hall–Kier alpha value is -2.58. The summed E-state index contributed by atoms with van der Waals surface area (Å²) in [6.07, 6.45) is 4.19. The predicted molar refractivity (Wildman–Crippen MR) is 98.3 cm³/mol. The van der Waals surface area contributed by atoms with E-state index in [1.165, 1.54) is 11.6 Å². The average molecular weight is 337 g/mol. The molecule has 24 heavy (non-hydrogen) atoms. The van der Waals surface area contributed by atoms with Crippen LogP contribution in [0.4, 0.5) is 0 Å². The lowest BCUT2D eigenvalue weighted by molar-refractivity contribution is 0.104. The number of hydrogen-bond acceptors (Lipinski definition) is 2. The summed E-state index contributed by atoms with van der Waals surface area (Å²) in [4.78, 5) is 12.2. The molecule has 0 atom stereocenters. The summed E-state index contributed by atoms with van der Waals surface area (Å²) >= 11 is 5.89. The highest BCUT2D eigenvalue weighted by Crippen LogP contribution is 2.24. The molecule has 0 N–H and O–H groups in total. The van der Waals surface area contributed by atoms with Gasteiger partial charge in [-0.25, -0.2) is 0 Å². The minimum atomic E-state index is -0.0397. The second-order valence-electron chi connectivity index (χ2n) is 5.46. The molecular formula is C21H17ClO2. The molecule has 0 radical (unpaired) electrons. The molecule has 3 aromatic rings. The minimum absolute atomic E-state index is 0.0397. The van der Waals surface area contributed by atoms with Crippen molar-refractivity contribution in [2.75, 3.05) is 0 Å². The molecule has 3 heteroatoms. The standard InChI is InChI=1S/C21H17ClO2/c1-2-15-3-5-16(6-4-15)20(23)13-11-19-12-14-21(24-19)17-7-9-18(22)10-8-17/h3-14H,2H2,1H3/b13-11+. The van der Waals surface area contributed by atoms with E-state index in [9.17, 15) is 4.79 Å². The van der Waals surface area contributed by atoms with Gasteiger partial charge in [0.25, 0.3) is 0 Å². The number of carbonyl (C=O) groups excluding carboxylic acids is 1. The summed E-state index contributed by atoms with van der Waals surface area (Å²) in [5.41, 5.74) is 2.84. The van der Waals surface area contributed by atoms with E-state index in [0.717, 1.165) is 17.7 Å². The number of hydrogen-bond donors (Lipinski definition) is 0. The monoisotopic (exact) mass is 336 g/mol. The van der Waals surface area contributed by atoms with E-state index in [1.54, 1.807) is 6.08 Å². The van der Waals surface area contributed by atoms with E-state index in [0.29, 0.717) is 16.3 Å². The fourth-order valence-corrected chi connectivity index (χ4v) is 2.50. The van der Waals surface area contributed by atoms with Gasteiger partial charge in [0.15, 0.2) is 5.78 Å². The van der Waals surface area contributed by atoms with Crippen LogP contribution in [-0.4, -0.2) is 5.78 Å². The Bertz CT molecular complexity index is 856. The molecule has 0 aliphatic rings. The highest BCUT2D eigenvalue weighted by atomic mass is 35.5. The third-order valence-electron chi connectivity index (χ3n) is 3.80. The number of furan rings is 1. The van der Waals surface area contributed by atoms with Gasteiger partial charge in [-0.3, -0.25) is 4.79 Å². The van der Waals surface area contributed by atoms with E-state index in [1.807, 2.05) is 60.7 Å². The van der Waals surface area contributed by atoms with Gasteiger partial charge >= 0.3 is 0 Å². The molecule has 0 fully saturated rings. The summed E-state index contributed by atoms with van der Waals surface area (Å²) < 4.78 is 5.75. The van der Waals surface area contributed by atoms with Crippen molar-refractivity contribution in [1.29, 1.82) is 0 Å². The van der Waals surface area contributed by atoms with Gasteiger partial charge in [0, 0.05) is 16.1 Å². The molecule has 2 nitrogen and oxygen atoms in total. The molecule has 0 saturated carbocycles. The molecule has 0 aliphatic carbocycles. The lowest BCUT2D eigenvalue weighted by atomic mass is 10.1. The van der Waals surface area contributed by atoms with Crippen molar-refractivity contribution in [3.63, 3.8) is 0 Å². The quantitative estimate of drug-likeness (QED) is 0.419. The van der Waals surface area contributed by atoms with Crippen LogP contribution in [-0.2, 0) is 6.42 Å². The van der Waals surface area contributed by atoms with Crippen molar-refractivity contribution in [3.05, 3.63) is 88.6 Å². The Balaban J connectivity index is 1.72. The third kappa shape index (κ3) is 3.84. The van der Waals surface area contributed by atoms with Crippen LogP contribution < -0.4 is 0 Å². The van der Waals surface area contributed by atoms with Gasteiger partial charge in [0.05, 0.1) is 0 Å². The first-order valence-corrected chi connectivity index (χ1v) is 8.20. The second kappa shape index (κ2) is 7.33. The van der Waals surface area contributed by atoms with Crippen LogP contribution in [0.25, 0.3) is 17.4 Å². The van der Waals surface area contributed by atoms with Crippen molar-refractivity contribution in [3.8, 4) is 11.3 Å². The number of allylic oxidation sites excluding steroid dienone is 1. The van der Waals surface area contributed by atoms with Gasteiger partial charge in [-0.1, -0.05) is 42.8 Å². The van der Waals surface area contributed by atoms with Crippen LogP contribution >= 0.6 is 11.6 Å². The molecule has 0 unspecified atom stereocenters. The van der Waals surface area contributed by atoms with Crippen LogP contribution in [0.5, 0.6) is 0 Å². The SMILES string of the molecule is CCc1ccc(C(=O)/C=C/c2ccc(-c3ccc(Cl)cc3)o2)cc1. The topological polar surface area (TPSA) is 30.2 Å². The Morgan fingerprint density at radius 2 is 1.71 bits per heavy atom. The van der Waals surface area contributed by atoms with Crippen LogP contribution in [0, 0.1) is 0 Å². The molecule has 2 aromatic carbocycles. The molecule has 0 aliphatic heterocycles. The first kappa shape index (κ1) is 16.3. The maximum atomic E-state index is 12.2. The molecular weight excluding hydrogens is 320 g/mol. The van der Waals surface area contributed by atoms with E-state index in [2.05, 4.69) is 6.92 Å². The number of ketones is 1. The molecule has 0 amide bonds. The van der Waals surface area contributed by atoms with Gasteiger partial charge < -0.3 is 4.42 Å². The van der Waals surface area contributed by atoms with Crippen molar-refractivity contribution in [2.24, 2.45) is 0 Å². The van der Waals surface area contributed by atoms with Crippen LogP contribution in [0.1, 0.15) is 28.6 Å². The molecule has 0 bridgehead atoms. The zero-order valence-corrected chi connectivity index (χ0v) is 14.1. The molecule has 3 rings (SSSR count). The van der Waals surface area contributed by atoms with E-state index in [4.69, 9.17) is 16.0 Å². The Kier molecular flexibility index (Phi) is 4.97.